The van der Waals surface area contributed by atoms with Gasteiger partial charge < -0.3 is 15.4 Å². The summed E-state index contributed by atoms with van der Waals surface area (Å²) in [5.41, 5.74) is 4.99. The Morgan fingerprint density at radius 3 is 2.14 bits per heavy atom. The fourth-order valence-electron chi connectivity index (χ4n) is 1.75. The highest BCUT2D eigenvalue weighted by molar-refractivity contribution is 5.85. The van der Waals surface area contributed by atoms with E-state index in [1.807, 2.05) is 13.8 Å². The van der Waals surface area contributed by atoms with Crippen LogP contribution in [0.15, 0.2) is 0 Å². The Bertz CT molecular complexity index is 213. The maximum Gasteiger partial charge on any atom is 0.242 e. The van der Waals surface area contributed by atoms with Gasteiger partial charge in [-0.05, 0) is 27.7 Å². The summed E-state index contributed by atoms with van der Waals surface area (Å²) in [5, 5.41) is 0. The molecule has 0 unspecified atom stereocenters. The highest BCUT2D eigenvalue weighted by Gasteiger charge is 2.32. The van der Waals surface area contributed by atoms with Crippen LogP contribution in [0.4, 0.5) is 0 Å². The predicted molar refractivity (Wildman–Crippen MR) is 54.9 cm³/mol. The number of hydrogen-bond donors (Lipinski definition) is 1. The van der Waals surface area contributed by atoms with Crippen molar-refractivity contribution >= 4 is 5.91 Å². The van der Waals surface area contributed by atoms with Crippen molar-refractivity contribution in [3.05, 3.63) is 0 Å². The van der Waals surface area contributed by atoms with Gasteiger partial charge in [0.25, 0.3) is 0 Å². The van der Waals surface area contributed by atoms with Crippen LogP contribution in [0.5, 0.6) is 0 Å². The van der Waals surface area contributed by atoms with E-state index < -0.39 is 5.54 Å². The SMILES string of the molecule is C[C@@H]1CN(C(=O)C(C)(C)N)C[C@H](C)O1. The molecule has 2 N–H and O–H groups in total. The average Bonchev–Trinajstić information content (AvgIpc) is 1.99. The van der Waals surface area contributed by atoms with Gasteiger partial charge in [0, 0.05) is 13.1 Å². The predicted octanol–water partition coefficient (Wildman–Crippen LogP) is 0.360. The third kappa shape index (κ3) is 2.69. The molecule has 0 saturated carbocycles. The fourth-order valence-corrected chi connectivity index (χ4v) is 1.75. The number of nitrogens with zero attached hydrogens (tertiary/aromatic N) is 1. The van der Waals surface area contributed by atoms with Crippen molar-refractivity contribution in [2.24, 2.45) is 5.73 Å². The highest BCUT2D eigenvalue weighted by Crippen LogP contribution is 2.14. The normalized spacial score (nSPS) is 29.1. The second-order valence-corrected chi connectivity index (χ2v) is 4.69. The minimum absolute atomic E-state index is 0.000463. The van der Waals surface area contributed by atoms with Crippen LogP contribution >= 0.6 is 0 Å². The molecule has 0 spiro atoms. The van der Waals surface area contributed by atoms with Gasteiger partial charge in [0.05, 0.1) is 17.7 Å². The first kappa shape index (κ1) is 11.5. The molecule has 1 saturated heterocycles. The first-order valence-corrected chi connectivity index (χ1v) is 5.04. The number of nitrogens with two attached hydrogens (primary N) is 1. The zero-order valence-corrected chi connectivity index (χ0v) is 9.41. The van der Waals surface area contributed by atoms with E-state index in [1.54, 1.807) is 18.7 Å². The second kappa shape index (κ2) is 3.87. The van der Waals surface area contributed by atoms with Crippen LogP contribution in [0.2, 0.25) is 0 Å². The van der Waals surface area contributed by atoms with Gasteiger partial charge in [-0.25, -0.2) is 0 Å². The number of hydrogen-bond acceptors (Lipinski definition) is 3. The lowest BCUT2D eigenvalue weighted by molar-refractivity contribution is -0.147. The lowest BCUT2D eigenvalue weighted by atomic mass is 10.0. The molecule has 82 valence electrons. The molecular weight excluding hydrogens is 180 g/mol. The Morgan fingerprint density at radius 1 is 1.36 bits per heavy atom. The third-order valence-corrected chi connectivity index (χ3v) is 2.26. The Labute approximate surface area is 85.4 Å². The summed E-state index contributed by atoms with van der Waals surface area (Å²) in [6.07, 6.45) is 0.204. The maximum atomic E-state index is 11.9. The molecule has 1 heterocycles. The van der Waals surface area contributed by atoms with Crippen LogP contribution < -0.4 is 5.73 Å². The molecule has 1 aliphatic rings. The van der Waals surface area contributed by atoms with E-state index >= 15 is 0 Å². The number of ether oxygens (including phenoxy) is 1. The van der Waals surface area contributed by atoms with Crippen molar-refractivity contribution in [2.45, 2.75) is 45.4 Å². The average molecular weight is 200 g/mol. The van der Waals surface area contributed by atoms with Crippen molar-refractivity contribution in [3.63, 3.8) is 0 Å². The summed E-state index contributed by atoms with van der Waals surface area (Å²) < 4.78 is 5.54. The number of carbonyl (C=O) groups is 1. The molecule has 0 aliphatic carbocycles. The molecule has 0 radical (unpaired) electrons. The van der Waals surface area contributed by atoms with Gasteiger partial charge in [0.2, 0.25) is 5.91 Å². The number of morpholine rings is 1. The van der Waals surface area contributed by atoms with Crippen molar-refractivity contribution in [3.8, 4) is 0 Å². The van der Waals surface area contributed by atoms with E-state index in [0.29, 0.717) is 13.1 Å². The van der Waals surface area contributed by atoms with Gasteiger partial charge in [0.15, 0.2) is 0 Å². The van der Waals surface area contributed by atoms with E-state index in [2.05, 4.69) is 0 Å². The molecule has 1 fully saturated rings. The van der Waals surface area contributed by atoms with Crippen molar-refractivity contribution in [1.82, 2.24) is 4.90 Å². The summed E-state index contributed by atoms with van der Waals surface area (Å²) in [4.78, 5) is 13.6. The lowest BCUT2D eigenvalue weighted by Gasteiger charge is -2.38. The van der Waals surface area contributed by atoms with Crippen LogP contribution in [0.25, 0.3) is 0 Å². The number of rotatable bonds is 1. The molecule has 0 aromatic rings. The standard InChI is InChI=1S/C10H20N2O2/c1-7-5-12(6-8(2)14-7)9(13)10(3,4)11/h7-8H,5-6,11H2,1-4H3/t7-,8+. The Balaban J connectivity index is 2.64. The molecule has 4 heteroatoms. The van der Waals surface area contributed by atoms with Gasteiger partial charge in [-0.2, -0.15) is 0 Å². The first-order chi connectivity index (χ1) is 6.30. The van der Waals surface area contributed by atoms with Crippen molar-refractivity contribution < 1.29 is 9.53 Å². The fraction of sp³-hybridized carbons (Fsp3) is 0.900. The molecule has 4 nitrogen and oxygen atoms in total. The summed E-state index contributed by atoms with van der Waals surface area (Å²) in [5.74, 6) is -0.000463. The van der Waals surface area contributed by atoms with Crippen LogP contribution in [0.1, 0.15) is 27.7 Å². The summed E-state index contributed by atoms with van der Waals surface area (Å²) in [6.45, 7) is 8.70. The zero-order valence-electron chi connectivity index (χ0n) is 9.41. The molecule has 1 amide bonds. The van der Waals surface area contributed by atoms with Crippen molar-refractivity contribution in [2.75, 3.05) is 13.1 Å². The van der Waals surface area contributed by atoms with Gasteiger partial charge in [-0.1, -0.05) is 0 Å². The molecular formula is C10H20N2O2. The minimum atomic E-state index is -0.781. The van der Waals surface area contributed by atoms with Gasteiger partial charge in [-0.3, -0.25) is 4.79 Å². The summed E-state index contributed by atoms with van der Waals surface area (Å²) >= 11 is 0. The molecule has 0 aromatic heterocycles. The molecule has 14 heavy (non-hydrogen) atoms. The molecule has 2 atom stereocenters. The Kier molecular flexibility index (Phi) is 3.17. The van der Waals surface area contributed by atoms with Crippen LogP contribution in [0, 0.1) is 0 Å². The summed E-state index contributed by atoms with van der Waals surface area (Å²) in [6, 6.07) is 0. The van der Waals surface area contributed by atoms with Crippen LogP contribution in [0.3, 0.4) is 0 Å². The summed E-state index contributed by atoms with van der Waals surface area (Å²) in [7, 11) is 0. The van der Waals surface area contributed by atoms with Crippen molar-refractivity contribution in [1.29, 1.82) is 0 Å². The monoisotopic (exact) mass is 200 g/mol. The topological polar surface area (TPSA) is 55.6 Å². The maximum absolute atomic E-state index is 11.9. The van der Waals surface area contributed by atoms with E-state index in [1.165, 1.54) is 0 Å². The third-order valence-electron chi connectivity index (χ3n) is 2.26. The van der Waals surface area contributed by atoms with Crippen LogP contribution in [-0.2, 0) is 9.53 Å². The largest absolute Gasteiger partial charge is 0.372 e. The highest BCUT2D eigenvalue weighted by atomic mass is 16.5. The minimum Gasteiger partial charge on any atom is -0.372 e. The lowest BCUT2D eigenvalue weighted by Crippen LogP contribution is -2.57. The smallest absolute Gasteiger partial charge is 0.242 e. The van der Waals surface area contributed by atoms with E-state index in [0.717, 1.165) is 0 Å². The number of carbonyl (C=O) groups excluding carboxylic acids is 1. The quantitative estimate of drug-likeness (QED) is 0.665. The Morgan fingerprint density at radius 2 is 1.79 bits per heavy atom. The number of amides is 1. The van der Waals surface area contributed by atoms with E-state index in [-0.39, 0.29) is 18.1 Å². The van der Waals surface area contributed by atoms with E-state index in [4.69, 9.17) is 10.5 Å². The second-order valence-electron chi connectivity index (χ2n) is 4.69. The first-order valence-electron chi connectivity index (χ1n) is 5.04. The molecule has 1 rings (SSSR count). The zero-order chi connectivity index (χ0) is 10.9. The van der Waals surface area contributed by atoms with Crippen LogP contribution in [-0.4, -0.2) is 41.6 Å². The molecule has 1 aliphatic heterocycles. The van der Waals surface area contributed by atoms with Gasteiger partial charge in [-0.15, -0.1) is 0 Å². The van der Waals surface area contributed by atoms with Gasteiger partial charge >= 0.3 is 0 Å². The molecule has 0 aromatic carbocycles. The van der Waals surface area contributed by atoms with E-state index in [9.17, 15) is 4.79 Å². The molecule has 0 bridgehead atoms. The van der Waals surface area contributed by atoms with Gasteiger partial charge in [0.1, 0.15) is 0 Å². The Hall–Kier alpha value is -0.610.